The first-order valence-corrected chi connectivity index (χ1v) is 6.77. The Hall–Kier alpha value is -1.35. The fourth-order valence-electron chi connectivity index (χ4n) is 2.43. The molecule has 0 aliphatic carbocycles. The Labute approximate surface area is 109 Å². The third kappa shape index (κ3) is 3.84. The van der Waals surface area contributed by atoms with Crippen LogP contribution in [-0.4, -0.2) is 19.0 Å². The second-order valence-electron chi connectivity index (χ2n) is 5.12. The third-order valence-corrected chi connectivity index (χ3v) is 3.61. The van der Waals surface area contributed by atoms with E-state index in [0.717, 1.165) is 13.1 Å². The van der Waals surface area contributed by atoms with Crippen molar-refractivity contribution >= 4 is 5.91 Å². The van der Waals surface area contributed by atoms with E-state index in [-0.39, 0.29) is 5.91 Å². The zero-order valence-corrected chi connectivity index (χ0v) is 11.0. The molecule has 98 valence electrons. The summed E-state index contributed by atoms with van der Waals surface area (Å²) in [6.07, 6.45) is 3.01. The molecule has 0 radical (unpaired) electrons. The molecule has 1 saturated heterocycles. The van der Waals surface area contributed by atoms with Crippen LogP contribution in [0.2, 0.25) is 0 Å². The van der Waals surface area contributed by atoms with Gasteiger partial charge in [0.25, 0.3) is 0 Å². The molecule has 1 heterocycles. The lowest BCUT2D eigenvalue weighted by Gasteiger charge is -2.22. The minimum Gasteiger partial charge on any atom is -0.352 e. The topological polar surface area (TPSA) is 41.1 Å². The molecule has 3 heteroatoms. The van der Waals surface area contributed by atoms with Crippen LogP contribution in [0.5, 0.6) is 0 Å². The molecule has 1 aromatic rings. The summed E-state index contributed by atoms with van der Waals surface area (Å²) < 4.78 is 0. The smallest absolute Gasteiger partial charge is 0.220 e. The minimum absolute atomic E-state index is 0.173. The summed E-state index contributed by atoms with van der Waals surface area (Å²) in [5.41, 5.74) is 2.43. The number of hydrogen-bond acceptors (Lipinski definition) is 2. The van der Waals surface area contributed by atoms with Gasteiger partial charge in [0.15, 0.2) is 0 Å². The van der Waals surface area contributed by atoms with Crippen molar-refractivity contribution in [3.8, 4) is 0 Å². The molecule has 0 bridgehead atoms. The number of carbonyl (C=O) groups excluding carboxylic acids is 1. The van der Waals surface area contributed by atoms with Gasteiger partial charge in [0.05, 0.1) is 0 Å². The van der Waals surface area contributed by atoms with E-state index < -0.39 is 0 Å². The van der Waals surface area contributed by atoms with Crippen LogP contribution in [0, 0.1) is 12.8 Å². The van der Waals surface area contributed by atoms with Crippen LogP contribution in [0.15, 0.2) is 24.3 Å². The number of nitrogens with one attached hydrogen (secondary N) is 2. The minimum atomic E-state index is 0.173. The number of amides is 1. The molecule has 1 fully saturated rings. The first-order valence-electron chi connectivity index (χ1n) is 6.77. The monoisotopic (exact) mass is 246 g/mol. The molecule has 3 nitrogen and oxygen atoms in total. The van der Waals surface area contributed by atoms with Crippen molar-refractivity contribution in [3.63, 3.8) is 0 Å². The Morgan fingerprint density at radius 3 is 3.00 bits per heavy atom. The van der Waals surface area contributed by atoms with Crippen molar-refractivity contribution < 1.29 is 4.79 Å². The molecule has 1 atom stereocenters. The molecule has 2 N–H and O–H groups in total. The second-order valence-corrected chi connectivity index (χ2v) is 5.12. The lowest BCUT2D eigenvalue weighted by atomic mass is 9.96. The molecule has 1 unspecified atom stereocenters. The van der Waals surface area contributed by atoms with Gasteiger partial charge in [-0.15, -0.1) is 0 Å². The SMILES string of the molecule is Cc1ccccc1CNC(=O)CC1CCCNC1. The van der Waals surface area contributed by atoms with Crippen molar-refractivity contribution in [1.82, 2.24) is 10.6 Å². The second kappa shape index (κ2) is 6.55. The highest BCUT2D eigenvalue weighted by Gasteiger charge is 2.16. The van der Waals surface area contributed by atoms with E-state index in [9.17, 15) is 4.79 Å². The zero-order chi connectivity index (χ0) is 12.8. The Kier molecular flexibility index (Phi) is 4.76. The molecule has 1 aliphatic heterocycles. The zero-order valence-electron chi connectivity index (χ0n) is 11.0. The van der Waals surface area contributed by atoms with Gasteiger partial charge >= 0.3 is 0 Å². The fraction of sp³-hybridized carbons (Fsp3) is 0.533. The van der Waals surface area contributed by atoms with Gasteiger partial charge in [-0.05, 0) is 49.9 Å². The van der Waals surface area contributed by atoms with Gasteiger partial charge in [0, 0.05) is 13.0 Å². The van der Waals surface area contributed by atoms with Crippen molar-refractivity contribution in [3.05, 3.63) is 35.4 Å². The first-order chi connectivity index (χ1) is 8.75. The first kappa shape index (κ1) is 13.1. The highest BCUT2D eigenvalue weighted by molar-refractivity contribution is 5.76. The van der Waals surface area contributed by atoms with E-state index in [0.29, 0.717) is 18.9 Å². The summed E-state index contributed by atoms with van der Waals surface area (Å²) in [5, 5.41) is 6.36. The summed E-state index contributed by atoms with van der Waals surface area (Å²) in [4.78, 5) is 11.9. The van der Waals surface area contributed by atoms with E-state index in [1.807, 2.05) is 12.1 Å². The van der Waals surface area contributed by atoms with Crippen LogP contribution in [-0.2, 0) is 11.3 Å². The van der Waals surface area contributed by atoms with E-state index in [1.165, 1.54) is 24.0 Å². The van der Waals surface area contributed by atoms with Crippen LogP contribution in [0.3, 0.4) is 0 Å². The van der Waals surface area contributed by atoms with Gasteiger partial charge in [-0.25, -0.2) is 0 Å². The predicted molar refractivity (Wildman–Crippen MR) is 73.2 cm³/mol. The lowest BCUT2D eigenvalue weighted by Crippen LogP contribution is -2.34. The maximum Gasteiger partial charge on any atom is 0.220 e. The molecular weight excluding hydrogens is 224 g/mol. The largest absolute Gasteiger partial charge is 0.352 e. The van der Waals surface area contributed by atoms with Crippen LogP contribution >= 0.6 is 0 Å². The van der Waals surface area contributed by atoms with E-state index >= 15 is 0 Å². The summed E-state index contributed by atoms with van der Waals surface area (Å²) in [7, 11) is 0. The van der Waals surface area contributed by atoms with Crippen LogP contribution in [0.4, 0.5) is 0 Å². The number of rotatable bonds is 4. The van der Waals surface area contributed by atoms with Gasteiger partial charge in [0.2, 0.25) is 5.91 Å². The standard InChI is InChI=1S/C15H22N2O/c1-12-5-2-3-7-14(12)11-17-15(18)9-13-6-4-8-16-10-13/h2-3,5,7,13,16H,4,6,8-11H2,1H3,(H,17,18). The van der Waals surface area contributed by atoms with Gasteiger partial charge < -0.3 is 10.6 Å². The van der Waals surface area contributed by atoms with Gasteiger partial charge in [-0.1, -0.05) is 24.3 Å². The fourth-order valence-corrected chi connectivity index (χ4v) is 2.43. The van der Waals surface area contributed by atoms with E-state index in [2.05, 4.69) is 29.7 Å². The molecule has 18 heavy (non-hydrogen) atoms. The van der Waals surface area contributed by atoms with Gasteiger partial charge in [0.1, 0.15) is 0 Å². The molecule has 1 aliphatic rings. The quantitative estimate of drug-likeness (QED) is 0.853. The van der Waals surface area contributed by atoms with Crippen LogP contribution < -0.4 is 10.6 Å². The van der Waals surface area contributed by atoms with Crippen molar-refractivity contribution in [2.75, 3.05) is 13.1 Å². The Morgan fingerprint density at radius 2 is 2.28 bits per heavy atom. The van der Waals surface area contributed by atoms with Gasteiger partial charge in [-0.3, -0.25) is 4.79 Å². The van der Waals surface area contributed by atoms with Crippen LogP contribution in [0.1, 0.15) is 30.4 Å². The predicted octanol–water partition coefficient (Wildman–Crippen LogP) is 2.00. The molecule has 1 aromatic carbocycles. The highest BCUT2D eigenvalue weighted by atomic mass is 16.1. The Balaban J connectivity index is 1.76. The van der Waals surface area contributed by atoms with E-state index in [4.69, 9.17) is 0 Å². The average molecular weight is 246 g/mol. The number of hydrogen-bond donors (Lipinski definition) is 2. The number of piperidine rings is 1. The third-order valence-electron chi connectivity index (χ3n) is 3.61. The van der Waals surface area contributed by atoms with Crippen LogP contribution in [0.25, 0.3) is 0 Å². The Bertz CT molecular complexity index is 397. The average Bonchev–Trinajstić information content (AvgIpc) is 2.39. The summed E-state index contributed by atoms with van der Waals surface area (Å²) in [5.74, 6) is 0.683. The maximum atomic E-state index is 11.9. The molecule has 0 spiro atoms. The Morgan fingerprint density at radius 1 is 1.44 bits per heavy atom. The number of benzene rings is 1. The van der Waals surface area contributed by atoms with Gasteiger partial charge in [-0.2, -0.15) is 0 Å². The molecular formula is C15H22N2O. The normalized spacial score (nSPS) is 19.5. The number of aryl methyl sites for hydroxylation is 1. The maximum absolute atomic E-state index is 11.9. The lowest BCUT2D eigenvalue weighted by molar-refractivity contribution is -0.122. The number of carbonyl (C=O) groups is 1. The highest BCUT2D eigenvalue weighted by Crippen LogP contribution is 2.14. The van der Waals surface area contributed by atoms with Crippen molar-refractivity contribution in [2.24, 2.45) is 5.92 Å². The van der Waals surface area contributed by atoms with Crippen molar-refractivity contribution in [2.45, 2.75) is 32.7 Å². The van der Waals surface area contributed by atoms with E-state index in [1.54, 1.807) is 0 Å². The molecule has 0 saturated carbocycles. The molecule has 1 amide bonds. The van der Waals surface area contributed by atoms with Crippen molar-refractivity contribution in [1.29, 1.82) is 0 Å². The summed E-state index contributed by atoms with van der Waals surface area (Å²) >= 11 is 0. The molecule has 2 rings (SSSR count). The molecule has 0 aromatic heterocycles. The summed E-state index contributed by atoms with van der Waals surface area (Å²) in [6, 6.07) is 8.18. The summed E-state index contributed by atoms with van der Waals surface area (Å²) in [6.45, 7) is 4.80.